The van der Waals surface area contributed by atoms with Gasteiger partial charge in [-0.05, 0) is 48.2 Å². The zero-order valence-electron chi connectivity index (χ0n) is 21.1. The Morgan fingerprint density at radius 1 is 0.722 bits per heavy atom. The van der Waals surface area contributed by atoms with Crippen LogP contribution in [-0.2, 0) is 17.9 Å². The van der Waals surface area contributed by atoms with E-state index in [-0.39, 0.29) is 17.9 Å². The fourth-order valence-corrected chi connectivity index (χ4v) is 4.31. The molecule has 0 unspecified atom stereocenters. The monoisotopic (exact) mass is 479 g/mol. The molecule has 4 aromatic rings. The fraction of sp³-hybridized carbons (Fsp3) is 0.219. The number of amides is 1. The summed E-state index contributed by atoms with van der Waals surface area (Å²) in [6.07, 6.45) is 0. The first-order valence-corrected chi connectivity index (χ1v) is 12.3. The van der Waals surface area contributed by atoms with E-state index in [1.807, 2.05) is 114 Å². The molecule has 0 aromatic heterocycles. The third-order valence-corrected chi connectivity index (χ3v) is 6.24. The summed E-state index contributed by atoms with van der Waals surface area (Å²) in [4.78, 5) is 16.0. The molecule has 0 saturated carbocycles. The summed E-state index contributed by atoms with van der Waals surface area (Å²) in [5.74, 6) is 1.04. The molecular formula is C32H33NO3. The van der Waals surface area contributed by atoms with Crippen molar-refractivity contribution in [3.05, 3.63) is 131 Å². The molecule has 0 N–H and O–H groups in total. The molecule has 0 aliphatic carbocycles. The molecule has 4 aromatic carbocycles. The van der Waals surface area contributed by atoms with E-state index < -0.39 is 0 Å². The number of ether oxygens (including phenoxy) is 2. The smallest absolute Gasteiger partial charge is 0.235 e. The van der Waals surface area contributed by atoms with Gasteiger partial charge in [-0.3, -0.25) is 4.79 Å². The summed E-state index contributed by atoms with van der Waals surface area (Å²) in [7, 11) is 1.64. The zero-order valence-corrected chi connectivity index (χ0v) is 21.1. The van der Waals surface area contributed by atoms with Crippen LogP contribution in [0, 0.1) is 0 Å². The zero-order chi connectivity index (χ0) is 25.3. The van der Waals surface area contributed by atoms with Crippen LogP contribution in [0.15, 0.2) is 109 Å². The molecule has 0 heterocycles. The highest BCUT2D eigenvalue weighted by Gasteiger charge is 2.29. The lowest BCUT2D eigenvalue weighted by Crippen LogP contribution is -2.40. The van der Waals surface area contributed by atoms with Crippen LogP contribution in [0.5, 0.6) is 11.5 Å². The average Bonchev–Trinajstić information content (AvgIpc) is 2.92. The van der Waals surface area contributed by atoms with E-state index in [0.29, 0.717) is 24.7 Å². The highest BCUT2D eigenvalue weighted by Crippen LogP contribution is 2.32. The second kappa shape index (κ2) is 12.1. The lowest BCUT2D eigenvalue weighted by atomic mass is 9.89. The van der Waals surface area contributed by atoms with Crippen LogP contribution < -0.4 is 9.47 Å². The maximum absolute atomic E-state index is 14.0. The molecule has 1 amide bonds. The van der Waals surface area contributed by atoms with Crippen LogP contribution in [0.2, 0.25) is 0 Å². The van der Waals surface area contributed by atoms with Crippen molar-refractivity contribution in [1.82, 2.24) is 4.90 Å². The number of hydrogen-bond acceptors (Lipinski definition) is 3. The number of carbonyl (C=O) groups is 1. The van der Waals surface area contributed by atoms with Gasteiger partial charge in [0.25, 0.3) is 0 Å². The van der Waals surface area contributed by atoms with Gasteiger partial charge in [-0.15, -0.1) is 0 Å². The number of carbonyl (C=O) groups excluding carboxylic acids is 1. The van der Waals surface area contributed by atoms with Gasteiger partial charge in [-0.2, -0.15) is 0 Å². The lowest BCUT2D eigenvalue weighted by molar-refractivity contribution is -0.134. The number of benzene rings is 4. The quantitative estimate of drug-likeness (QED) is 0.250. The molecule has 4 rings (SSSR count). The average molecular weight is 480 g/mol. The third kappa shape index (κ3) is 6.14. The van der Waals surface area contributed by atoms with Crippen molar-refractivity contribution in [2.75, 3.05) is 7.11 Å². The SMILES string of the molecule is COc1cc(CN(C(=O)C(c2ccccc2)c2ccccc2)C(C)C)ccc1OCc1ccccc1. The van der Waals surface area contributed by atoms with Crippen molar-refractivity contribution >= 4 is 5.91 Å². The molecule has 0 spiro atoms. The number of hydrogen-bond donors (Lipinski definition) is 0. The van der Waals surface area contributed by atoms with Gasteiger partial charge in [-0.1, -0.05) is 97.1 Å². The summed E-state index contributed by atoms with van der Waals surface area (Å²) in [6, 6.07) is 35.9. The summed E-state index contributed by atoms with van der Waals surface area (Å²) >= 11 is 0. The Bertz CT molecular complexity index is 1200. The fourth-order valence-electron chi connectivity index (χ4n) is 4.31. The maximum atomic E-state index is 14.0. The molecule has 0 bridgehead atoms. The topological polar surface area (TPSA) is 38.8 Å². The number of methoxy groups -OCH3 is 1. The molecule has 0 radical (unpaired) electrons. The van der Waals surface area contributed by atoms with E-state index in [4.69, 9.17) is 9.47 Å². The molecule has 0 saturated heterocycles. The van der Waals surface area contributed by atoms with E-state index in [0.717, 1.165) is 22.3 Å². The van der Waals surface area contributed by atoms with Crippen LogP contribution in [0.3, 0.4) is 0 Å². The Labute approximate surface area is 214 Å². The van der Waals surface area contributed by atoms with Crippen LogP contribution in [0.25, 0.3) is 0 Å². The van der Waals surface area contributed by atoms with E-state index in [1.54, 1.807) is 7.11 Å². The second-order valence-electron chi connectivity index (χ2n) is 9.07. The highest BCUT2D eigenvalue weighted by molar-refractivity contribution is 5.87. The van der Waals surface area contributed by atoms with Crippen molar-refractivity contribution in [2.45, 2.75) is 39.0 Å². The predicted molar refractivity (Wildman–Crippen MR) is 144 cm³/mol. The van der Waals surface area contributed by atoms with Gasteiger partial charge in [0, 0.05) is 12.6 Å². The molecule has 0 atom stereocenters. The van der Waals surface area contributed by atoms with E-state index in [2.05, 4.69) is 13.8 Å². The first kappa shape index (κ1) is 25.1. The highest BCUT2D eigenvalue weighted by atomic mass is 16.5. The molecule has 4 nitrogen and oxygen atoms in total. The Morgan fingerprint density at radius 2 is 1.28 bits per heavy atom. The molecule has 0 aliphatic rings. The van der Waals surface area contributed by atoms with Crippen molar-refractivity contribution in [2.24, 2.45) is 0 Å². The molecule has 4 heteroatoms. The number of nitrogens with zero attached hydrogens (tertiary/aromatic N) is 1. The second-order valence-corrected chi connectivity index (χ2v) is 9.07. The van der Waals surface area contributed by atoms with Gasteiger partial charge in [0.05, 0.1) is 13.0 Å². The van der Waals surface area contributed by atoms with Crippen LogP contribution in [0.4, 0.5) is 0 Å². The largest absolute Gasteiger partial charge is 0.493 e. The Morgan fingerprint density at radius 3 is 1.81 bits per heavy atom. The van der Waals surface area contributed by atoms with Gasteiger partial charge >= 0.3 is 0 Å². The van der Waals surface area contributed by atoms with Crippen molar-refractivity contribution < 1.29 is 14.3 Å². The Balaban J connectivity index is 1.57. The first-order chi connectivity index (χ1) is 17.6. The minimum atomic E-state index is -0.370. The lowest BCUT2D eigenvalue weighted by Gasteiger charge is -2.31. The van der Waals surface area contributed by atoms with Crippen LogP contribution >= 0.6 is 0 Å². The summed E-state index contributed by atoms with van der Waals surface area (Å²) in [5, 5.41) is 0. The summed E-state index contributed by atoms with van der Waals surface area (Å²) < 4.78 is 11.7. The van der Waals surface area contributed by atoms with Crippen molar-refractivity contribution in [3.8, 4) is 11.5 Å². The third-order valence-electron chi connectivity index (χ3n) is 6.24. The minimum absolute atomic E-state index is 0.0208. The van der Waals surface area contributed by atoms with Crippen molar-refractivity contribution in [1.29, 1.82) is 0 Å². The molecule has 0 fully saturated rings. The van der Waals surface area contributed by atoms with E-state index in [1.165, 1.54) is 0 Å². The number of rotatable bonds is 10. The Hall–Kier alpha value is -4.05. The van der Waals surface area contributed by atoms with E-state index >= 15 is 0 Å². The molecule has 0 aliphatic heterocycles. The molecule has 36 heavy (non-hydrogen) atoms. The van der Waals surface area contributed by atoms with Crippen LogP contribution in [-0.4, -0.2) is 24.0 Å². The maximum Gasteiger partial charge on any atom is 0.235 e. The standard InChI is InChI=1S/C32H33NO3/c1-24(2)33(32(34)31(27-15-9-5-10-16-27)28-17-11-6-12-18-28)22-26-19-20-29(30(21-26)35-3)36-23-25-13-7-4-8-14-25/h4-21,24,31H,22-23H2,1-3H3. The van der Waals surface area contributed by atoms with Gasteiger partial charge in [0.15, 0.2) is 11.5 Å². The molecular weight excluding hydrogens is 446 g/mol. The van der Waals surface area contributed by atoms with Crippen molar-refractivity contribution in [3.63, 3.8) is 0 Å². The van der Waals surface area contributed by atoms with E-state index in [9.17, 15) is 4.79 Å². The van der Waals surface area contributed by atoms with Gasteiger partial charge in [-0.25, -0.2) is 0 Å². The Kier molecular flexibility index (Phi) is 8.40. The van der Waals surface area contributed by atoms with Crippen LogP contribution in [0.1, 0.15) is 42.0 Å². The van der Waals surface area contributed by atoms with Gasteiger partial charge < -0.3 is 14.4 Å². The van der Waals surface area contributed by atoms with Gasteiger partial charge in [0.2, 0.25) is 5.91 Å². The summed E-state index contributed by atoms with van der Waals surface area (Å²) in [6.45, 7) is 5.05. The first-order valence-electron chi connectivity index (χ1n) is 12.3. The summed E-state index contributed by atoms with van der Waals surface area (Å²) in [5.41, 5.74) is 4.05. The predicted octanol–water partition coefficient (Wildman–Crippen LogP) is 6.84. The minimum Gasteiger partial charge on any atom is -0.493 e. The van der Waals surface area contributed by atoms with Gasteiger partial charge in [0.1, 0.15) is 6.61 Å². The molecule has 184 valence electrons. The normalized spacial score (nSPS) is 10.9.